The summed E-state index contributed by atoms with van der Waals surface area (Å²) in [7, 11) is 1.46. The maximum atomic E-state index is 14.4. The quantitative estimate of drug-likeness (QED) is 0.489. The molecule has 0 aliphatic rings. The number of benzene rings is 2. The molecule has 0 atom stereocenters. The van der Waals surface area contributed by atoms with Crippen LogP contribution in [0.5, 0.6) is 0 Å². The molecule has 0 spiro atoms. The van der Waals surface area contributed by atoms with Gasteiger partial charge in [-0.3, -0.25) is 9.78 Å². The fourth-order valence-electron chi connectivity index (χ4n) is 3.58. The Morgan fingerprint density at radius 1 is 1.06 bits per heavy atom. The van der Waals surface area contributed by atoms with Gasteiger partial charge in [0.15, 0.2) is 0 Å². The number of rotatable bonds is 4. The van der Waals surface area contributed by atoms with Crippen LogP contribution in [0.15, 0.2) is 67.1 Å². The SMILES string of the molecule is CNC(=O)c1ccc(-c2cnc3ncc(Cc4cccc5ncccc45)n3n2)cc1F. The number of nitrogens with zero attached hydrogens (tertiary/aromatic N) is 5. The average Bonchev–Trinajstić information content (AvgIpc) is 3.20. The van der Waals surface area contributed by atoms with Crippen molar-refractivity contribution in [2.45, 2.75) is 6.42 Å². The van der Waals surface area contributed by atoms with Gasteiger partial charge in [-0.25, -0.2) is 18.9 Å². The lowest BCUT2D eigenvalue weighted by Crippen LogP contribution is -2.19. The molecule has 5 aromatic rings. The van der Waals surface area contributed by atoms with E-state index >= 15 is 0 Å². The molecular weight excluding hydrogens is 395 g/mol. The number of hydrogen-bond donors (Lipinski definition) is 1. The lowest BCUT2D eigenvalue weighted by Gasteiger charge is -2.07. The van der Waals surface area contributed by atoms with Crippen molar-refractivity contribution < 1.29 is 9.18 Å². The Kier molecular flexibility index (Phi) is 4.59. The molecule has 1 amide bonds. The van der Waals surface area contributed by atoms with Crippen LogP contribution in [0.4, 0.5) is 4.39 Å². The third-order valence-electron chi connectivity index (χ3n) is 5.14. The Hall–Kier alpha value is -4.20. The predicted molar refractivity (Wildman–Crippen MR) is 114 cm³/mol. The Labute approximate surface area is 176 Å². The molecule has 0 bridgehead atoms. The minimum absolute atomic E-state index is 0.0202. The van der Waals surface area contributed by atoms with E-state index in [0.29, 0.717) is 23.5 Å². The maximum absolute atomic E-state index is 14.4. The number of hydrogen-bond acceptors (Lipinski definition) is 5. The van der Waals surface area contributed by atoms with E-state index in [-0.39, 0.29) is 5.56 Å². The van der Waals surface area contributed by atoms with Crippen LogP contribution in [0.1, 0.15) is 21.6 Å². The van der Waals surface area contributed by atoms with Crippen molar-refractivity contribution in [3.8, 4) is 11.3 Å². The Bertz CT molecular complexity index is 1440. The molecule has 0 aliphatic heterocycles. The molecule has 0 saturated carbocycles. The van der Waals surface area contributed by atoms with Crippen LogP contribution in [0.2, 0.25) is 0 Å². The fraction of sp³-hybridized carbons (Fsp3) is 0.0870. The first-order chi connectivity index (χ1) is 15.1. The van der Waals surface area contributed by atoms with Gasteiger partial charge in [0.2, 0.25) is 0 Å². The first-order valence-corrected chi connectivity index (χ1v) is 9.68. The summed E-state index contributed by atoms with van der Waals surface area (Å²) in [5.74, 6) is -0.639. The van der Waals surface area contributed by atoms with Crippen LogP contribution in [0.25, 0.3) is 27.9 Å². The van der Waals surface area contributed by atoms with Gasteiger partial charge in [0, 0.05) is 30.6 Å². The summed E-state index contributed by atoms with van der Waals surface area (Å²) in [6.45, 7) is 0. The van der Waals surface area contributed by atoms with Crippen molar-refractivity contribution in [2.75, 3.05) is 7.05 Å². The van der Waals surface area contributed by atoms with Gasteiger partial charge in [-0.1, -0.05) is 24.3 Å². The van der Waals surface area contributed by atoms with E-state index < -0.39 is 11.7 Å². The minimum Gasteiger partial charge on any atom is -0.355 e. The number of carbonyl (C=O) groups is 1. The van der Waals surface area contributed by atoms with Crippen molar-refractivity contribution in [3.05, 3.63) is 89.8 Å². The number of aromatic nitrogens is 5. The largest absolute Gasteiger partial charge is 0.355 e. The minimum atomic E-state index is -0.618. The zero-order chi connectivity index (χ0) is 21.4. The van der Waals surface area contributed by atoms with Crippen molar-refractivity contribution >= 4 is 22.6 Å². The zero-order valence-electron chi connectivity index (χ0n) is 16.6. The summed E-state index contributed by atoms with van der Waals surface area (Å²) in [6, 6.07) is 14.3. The Balaban J connectivity index is 1.54. The second kappa shape index (κ2) is 7.56. The number of imidazole rings is 1. The standard InChI is InChI=1S/C23H17FN6O/c1-25-22(31)18-8-7-15(11-19(18)24)21-13-28-23-27-12-16(30(23)29-21)10-14-4-2-6-20-17(14)5-3-9-26-20/h2-9,11-13H,10H2,1H3,(H,25,31). The van der Waals surface area contributed by atoms with Gasteiger partial charge in [-0.15, -0.1) is 0 Å². The summed E-state index contributed by atoms with van der Waals surface area (Å²) in [4.78, 5) is 24.8. The summed E-state index contributed by atoms with van der Waals surface area (Å²) >= 11 is 0. The van der Waals surface area contributed by atoms with E-state index in [4.69, 9.17) is 0 Å². The highest BCUT2D eigenvalue weighted by atomic mass is 19.1. The van der Waals surface area contributed by atoms with E-state index in [1.807, 2.05) is 30.3 Å². The number of nitrogens with one attached hydrogen (secondary N) is 1. The van der Waals surface area contributed by atoms with Gasteiger partial charge in [0.1, 0.15) is 11.5 Å². The molecule has 1 N–H and O–H groups in total. The lowest BCUT2D eigenvalue weighted by atomic mass is 10.0. The van der Waals surface area contributed by atoms with Crippen molar-refractivity contribution in [1.29, 1.82) is 0 Å². The number of amides is 1. The van der Waals surface area contributed by atoms with Crippen LogP contribution in [0.3, 0.4) is 0 Å². The third-order valence-corrected chi connectivity index (χ3v) is 5.14. The van der Waals surface area contributed by atoms with E-state index in [1.54, 1.807) is 29.2 Å². The molecule has 0 saturated heterocycles. The third kappa shape index (κ3) is 3.38. The average molecular weight is 412 g/mol. The first kappa shape index (κ1) is 18.8. The Morgan fingerprint density at radius 2 is 1.94 bits per heavy atom. The van der Waals surface area contributed by atoms with E-state index in [1.165, 1.54) is 19.2 Å². The molecule has 0 unspecified atom stereocenters. The number of carbonyl (C=O) groups excluding carboxylic acids is 1. The molecule has 0 fully saturated rings. The van der Waals surface area contributed by atoms with E-state index in [0.717, 1.165) is 22.2 Å². The van der Waals surface area contributed by atoms with Crippen LogP contribution < -0.4 is 5.32 Å². The summed E-state index contributed by atoms with van der Waals surface area (Å²) < 4.78 is 16.1. The van der Waals surface area contributed by atoms with E-state index in [9.17, 15) is 9.18 Å². The highest BCUT2D eigenvalue weighted by Gasteiger charge is 2.14. The molecule has 7 nitrogen and oxygen atoms in total. The molecule has 5 rings (SSSR count). The van der Waals surface area contributed by atoms with Gasteiger partial charge in [0.25, 0.3) is 11.7 Å². The predicted octanol–water partition coefficient (Wildman–Crippen LogP) is 3.43. The number of halogens is 1. The summed E-state index contributed by atoms with van der Waals surface area (Å²) in [6.07, 6.45) is 5.64. The molecule has 8 heteroatoms. The lowest BCUT2D eigenvalue weighted by molar-refractivity contribution is 0.0959. The zero-order valence-corrected chi connectivity index (χ0v) is 16.6. The number of fused-ring (bicyclic) bond motifs is 2. The van der Waals surface area contributed by atoms with Crippen LogP contribution >= 0.6 is 0 Å². The van der Waals surface area contributed by atoms with Gasteiger partial charge in [-0.2, -0.15) is 5.10 Å². The molecule has 0 radical (unpaired) electrons. The summed E-state index contributed by atoms with van der Waals surface area (Å²) in [5, 5.41) is 8.11. The summed E-state index contributed by atoms with van der Waals surface area (Å²) in [5.41, 5.74) is 3.85. The smallest absolute Gasteiger partial charge is 0.253 e. The first-order valence-electron chi connectivity index (χ1n) is 9.68. The van der Waals surface area contributed by atoms with Crippen LogP contribution in [0, 0.1) is 5.82 Å². The fourth-order valence-corrected chi connectivity index (χ4v) is 3.58. The molecule has 31 heavy (non-hydrogen) atoms. The second-order valence-corrected chi connectivity index (χ2v) is 7.04. The normalized spacial score (nSPS) is 11.2. The molecule has 0 aliphatic carbocycles. The molecule has 2 aromatic carbocycles. The van der Waals surface area contributed by atoms with Gasteiger partial charge in [-0.05, 0) is 29.8 Å². The van der Waals surface area contributed by atoms with Crippen molar-refractivity contribution in [3.63, 3.8) is 0 Å². The molecular formula is C23H17FN6O. The molecule has 3 heterocycles. The van der Waals surface area contributed by atoms with Crippen LogP contribution in [-0.2, 0) is 6.42 Å². The maximum Gasteiger partial charge on any atom is 0.253 e. The highest BCUT2D eigenvalue weighted by Crippen LogP contribution is 2.22. The topological polar surface area (TPSA) is 85.1 Å². The van der Waals surface area contributed by atoms with Gasteiger partial charge >= 0.3 is 0 Å². The molecule has 152 valence electrons. The monoisotopic (exact) mass is 412 g/mol. The van der Waals surface area contributed by atoms with Crippen molar-refractivity contribution in [2.24, 2.45) is 0 Å². The molecule has 3 aromatic heterocycles. The van der Waals surface area contributed by atoms with Gasteiger partial charge < -0.3 is 5.32 Å². The second-order valence-electron chi connectivity index (χ2n) is 7.04. The highest BCUT2D eigenvalue weighted by molar-refractivity contribution is 5.94. The van der Waals surface area contributed by atoms with Crippen LogP contribution in [-0.4, -0.2) is 37.5 Å². The van der Waals surface area contributed by atoms with Gasteiger partial charge in [0.05, 0.1) is 29.2 Å². The Morgan fingerprint density at radius 3 is 2.77 bits per heavy atom. The van der Waals surface area contributed by atoms with Crippen molar-refractivity contribution in [1.82, 2.24) is 29.9 Å². The number of pyridine rings is 1. The van der Waals surface area contributed by atoms with E-state index in [2.05, 4.69) is 25.4 Å².